The predicted octanol–water partition coefficient (Wildman–Crippen LogP) is 1.98. The van der Waals surface area contributed by atoms with Crippen LogP contribution in [0.4, 0.5) is 0 Å². The molecule has 0 unspecified atom stereocenters. The SMILES string of the molecule is O=C1CCCNC(=O)c2cc(cc(C(=O)O)c2)Oc2cccc(c2)CO[C@H]2CN(C(=O)CCCn3cncn3)C[C@@H]2N1. The van der Waals surface area contributed by atoms with Gasteiger partial charge in [-0.05, 0) is 48.7 Å². The average molecular weight is 577 g/mol. The highest BCUT2D eigenvalue weighted by atomic mass is 16.5. The number of carbonyl (C=O) groups is 4. The van der Waals surface area contributed by atoms with Crippen LogP contribution >= 0.6 is 0 Å². The van der Waals surface area contributed by atoms with Gasteiger partial charge in [-0.3, -0.25) is 19.1 Å². The molecule has 1 aromatic heterocycles. The number of carboxylic acids is 1. The van der Waals surface area contributed by atoms with Crippen LogP contribution in [0.25, 0.3) is 0 Å². The first-order valence-corrected chi connectivity index (χ1v) is 13.8. The Morgan fingerprint density at radius 2 is 1.98 bits per heavy atom. The zero-order valence-electron chi connectivity index (χ0n) is 22.9. The van der Waals surface area contributed by atoms with Gasteiger partial charge in [0.2, 0.25) is 11.8 Å². The fourth-order valence-corrected chi connectivity index (χ4v) is 4.97. The van der Waals surface area contributed by atoms with Gasteiger partial charge in [-0.25, -0.2) is 9.78 Å². The molecule has 13 nitrogen and oxygen atoms in total. The highest BCUT2D eigenvalue weighted by Crippen LogP contribution is 2.26. The van der Waals surface area contributed by atoms with E-state index in [2.05, 4.69) is 20.7 Å². The largest absolute Gasteiger partial charge is 0.478 e. The van der Waals surface area contributed by atoms with Crippen LogP contribution in [0.5, 0.6) is 11.5 Å². The summed E-state index contributed by atoms with van der Waals surface area (Å²) in [6, 6.07) is 10.8. The number of hydrogen-bond acceptors (Lipinski definition) is 8. The van der Waals surface area contributed by atoms with E-state index in [1.165, 1.54) is 24.5 Å². The third kappa shape index (κ3) is 7.49. The molecule has 0 saturated carbocycles. The summed E-state index contributed by atoms with van der Waals surface area (Å²) in [7, 11) is 0. The average Bonchev–Trinajstić information content (AvgIpc) is 3.64. The number of aryl methyl sites for hydroxylation is 1. The molecule has 2 aromatic carbocycles. The molecule has 0 aliphatic carbocycles. The maximum Gasteiger partial charge on any atom is 0.335 e. The Kier molecular flexibility index (Phi) is 9.07. The topological polar surface area (TPSA) is 165 Å². The molecule has 5 rings (SSSR count). The quantitative estimate of drug-likeness (QED) is 0.412. The van der Waals surface area contributed by atoms with Crippen molar-refractivity contribution in [3.63, 3.8) is 0 Å². The number of likely N-dealkylation sites (tertiary alicyclic amines) is 1. The summed E-state index contributed by atoms with van der Waals surface area (Å²) in [6.45, 7) is 1.66. The summed E-state index contributed by atoms with van der Waals surface area (Å²) < 4.78 is 13.8. The normalized spacial score (nSPS) is 19.5. The number of amides is 3. The van der Waals surface area contributed by atoms with Gasteiger partial charge in [0, 0.05) is 44.6 Å². The molecule has 220 valence electrons. The van der Waals surface area contributed by atoms with Crippen LogP contribution in [0.1, 0.15) is 52.0 Å². The van der Waals surface area contributed by atoms with Gasteiger partial charge < -0.3 is 30.1 Å². The minimum atomic E-state index is -1.19. The van der Waals surface area contributed by atoms with Gasteiger partial charge in [-0.1, -0.05) is 12.1 Å². The first-order valence-electron chi connectivity index (χ1n) is 13.8. The number of fused-ring (bicyclic) bond motifs is 5. The molecule has 3 N–H and O–H groups in total. The van der Waals surface area contributed by atoms with Crippen LogP contribution in [-0.4, -0.2) is 80.2 Å². The highest BCUT2D eigenvalue weighted by Gasteiger charge is 2.36. The van der Waals surface area contributed by atoms with Crippen molar-refractivity contribution in [1.29, 1.82) is 0 Å². The standard InChI is InChI=1S/C29H32N6O7/c36-26-6-2-8-31-28(38)20-11-21(29(39)40)13-23(12-20)42-22-5-1-4-19(10-22)16-41-25-15-34(14-24(25)33-26)27(37)7-3-9-35-18-30-17-32-35/h1,4-5,10-13,17-18,24-25H,2-3,6-9,14-16H2,(H,31,38)(H,33,36)(H,39,40)/t24-,25-/m0/s1. The minimum Gasteiger partial charge on any atom is -0.478 e. The second kappa shape index (κ2) is 13.3. The monoisotopic (exact) mass is 576 g/mol. The van der Waals surface area contributed by atoms with Gasteiger partial charge in [0.1, 0.15) is 24.2 Å². The van der Waals surface area contributed by atoms with Crippen LogP contribution in [0.2, 0.25) is 0 Å². The molecule has 1 fully saturated rings. The van der Waals surface area contributed by atoms with Crippen molar-refractivity contribution in [2.75, 3.05) is 19.6 Å². The van der Waals surface area contributed by atoms with Crippen molar-refractivity contribution in [2.24, 2.45) is 0 Å². The fourth-order valence-electron chi connectivity index (χ4n) is 4.97. The molecule has 0 radical (unpaired) electrons. The second-order valence-electron chi connectivity index (χ2n) is 10.2. The van der Waals surface area contributed by atoms with Crippen molar-refractivity contribution < 1.29 is 33.8 Å². The number of nitrogens with one attached hydrogen (secondary N) is 2. The summed E-state index contributed by atoms with van der Waals surface area (Å²) in [5.41, 5.74) is 0.828. The van der Waals surface area contributed by atoms with E-state index in [0.29, 0.717) is 44.6 Å². The van der Waals surface area contributed by atoms with Gasteiger partial charge in [-0.15, -0.1) is 0 Å². The Bertz CT molecular complexity index is 1440. The summed E-state index contributed by atoms with van der Waals surface area (Å²) in [6.07, 6.45) is 4.09. The van der Waals surface area contributed by atoms with Gasteiger partial charge in [0.05, 0.1) is 24.3 Å². The number of ether oxygens (including phenoxy) is 2. The molecule has 13 heteroatoms. The minimum absolute atomic E-state index is 0.0283. The van der Waals surface area contributed by atoms with Crippen LogP contribution < -0.4 is 15.4 Å². The maximum absolute atomic E-state index is 13.0. The number of aromatic carboxylic acids is 1. The number of carboxylic acid groups (broad SMARTS) is 1. The Balaban J connectivity index is 1.31. The van der Waals surface area contributed by atoms with Crippen LogP contribution in [0.3, 0.4) is 0 Å². The summed E-state index contributed by atoms with van der Waals surface area (Å²) in [5, 5.41) is 19.3. The van der Waals surface area contributed by atoms with E-state index in [9.17, 15) is 24.3 Å². The molecule has 42 heavy (non-hydrogen) atoms. The molecule has 0 spiro atoms. The molecular weight excluding hydrogens is 544 g/mol. The van der Waals surface area contributed by atoms with Crippen molar-refractivity contribution in [3.05, 3.63) is 71.8 Å². The lowest BCUT2D eigenvalue weighted by atomic mass is 10.1. The third-order valence-corrected chi connectivity index (χ3v) is 7.09. The molecule has 2 aliphatic rings. The molecule has 1 saturated heterocycles. The third-order valence-electron chi connectivity index (χ3n) is 7.09. The zero-order valence-corrected chi connectivity index (χ0v) is 22.9. The lowest BCUT2D eigenvalue weighted by Gasteiger charge is -2.20. The second-order valence-corrected chi connectivity index (χ2v) is 10.2. The lowest BCUT2D eigenvalue weighted by Crippen LogP contribution is -2.44. The number of benzene rings is 2. The smallest absolute Gasteiger partial charge is 0.335 e. The van der Waals surface area contributed by atoms with Crippen molar-refractivity contribution in [2.45, 2.75) is 51.0 Å². The van der Waals surface area contributed by atoms with E-state index in [1.807, 2.05) is 6.07 Å². The van der Waals surface area contributed by atoms with Crippen LogP contribution in [0, 0.1) is 0 Å². The molecule has 2 aliphatic heterocycles. The van der Waals surface area contributed by atoms with Gasteiger partial charge in [-0.2, -0.15) is 5.10 Å². The molecule has 3 aromatic rings. The fraction of sp³-hybridized carbons (Fsp3) is 0.379. The Labute approximate surface area is 241 Å². The van der Waals surface area contributed by atoms with Crippen molar-refractivity contribution in [3.8, 4) is 11.5 Å². The van der Waals surface area contributed by atoms with Crippen molar-refractivity contribution in [1.82, 2.24) is 30.3 Å². The van der Waals surface area contributed by atoms with Crippen molar-refractivity contribution >= 4 is 23.7 Å². The maximum atomic E-state index is 13.0. The number of carbonyl (C=O) groups excluding carboxylic acids is 3. The molecule has 4 bridgehead atoms. The zero-order chi connectivity index (χ0) is 29.5. The Hall–Kier alpha value is -4.78. The predicted molar refractivity (Wildman–Crippen MR) is 148 cm³/mol. The molecular formula is C29H32N6O7. The molecule has 3 amide bonds. The summed E-state index contributed by atoms with van der Waals surface area (Å²) >= 11 is 0. The Morgan fingerprint density at radius 1 is 1.10 bits per heavy atom. The summed E-state index contributed by atoms with van der Waals surface area (Å²) in [4.78, 5) is 55.9. The summed E-state index contributed by atoms with van der Waals surface area (Å²) in [5.74, 6) is -1.27. The van der Waals surface area contributed by atoms with E-state index in [0.717, 1.165) is 5.56 Å². The molecule has 3 heterocycles. The van der Waals surface area contributed by atoms with Gasteiger partial charge >= 0.3 is 5.97 Å². The first kappa shape index (κ1) is 28.7. The highest BCUT2D eigenvalue weighted by molar-refractivity contribution is 5.98. The number of rotatable bonds is 5. The van der Waals surface area contributed by atoms with E-state index in [-0.39, 0.29) is 54.3 Å². The lowest BCUT2D eigenvalue weighted by molar-refractivity contribution is -0.131. The van der Waals surface area contributed by atoms with Gasteiger partial charge in [0.15, 0.2) is 0 Å². The first-order chi connectivity index (χ1) is 20.3. The Morgan fingerprint density at radius 3 is 2.79 bits per heavy atom. The van der Waals surface area contributed by atoms with Crippen LogP contribution in [0.15, 0.2) is 55.1 Å². The van der Waals surface area contributed by atoms with E-state index >= 15 is 0 Å². The van der Waals surface area contributed by atoms with E-state index in [1.54, 1.807) is 34.1 Å². The molecule has 2 atom stereocenters. The van der Waals surface area contributed by atoms with E-state index in [4.69, 9.17) is 9.47 Å². The number of aromatic nitrogens is 3. The van der Waals surface area contributed by atoms with Gasteiger partial charge in [0.25, 0.3) is 5.91 Å². The number of hydrogen-bond donors (Lipinski definition) is 3. The number of nitrogens with zero attached hydrogens (tertiary/aromatic N) is 4. The van der Waals surface area contributed by atoms with Crippen LogP contribution in [-0.2, 0) is 27.5 Å². The van der Waals surface area contributed by atoms with E-state index < -0.39 is 18.0 Å².